The molecule has 382 valence electrons. The summed E-state index contributed by atoms with van der Waals surface area (Å²) in [5, 5.41) is 4.93. The molecule has 13 aromatic rings. The summed E-state index contributed by atoms with van der Waals surface area (Å²) in [5.74, 6) is 1.79. The van der Waals surface area contributed by atoms with E-state index in [0.29, 0.717) is 0 Å². The molecule has 3 heteroatoms. The third-order valence-electron chi connectivity index (χ3n) is 16.8. The molecule has 0 aliphatic carbocycles. The first-order valence-corrected chi connectivity index (χ1v) is 28.3. The molecular weight excluding hydrogens is 978 g/mol. The van der Waals surface area contributed by atoms with E-state index in [0.717, 1.165) is 78.5 Å². The summed E-state index contributed by atoms with van der Waals surface area (Å²) in [6.45, 7) is 6.81. The van der Waals surface area contributed by atoms with Crippen molar-refractivity contribution in [2.45, 2.75) is 26.2 Å². The van der Waals surface area contributed by atoms with E-state index in [9.17, 15) is 0 Å². The SMILES string of the molecule is CC(C)(C)c1cc2c3c(c1)N(c1c(-c4ccccc4)cc(-c4ccccc4)cc1-c1ccccc1)c1cc(-c4ccc5c(-c6ccccc6)c6ccccc6c(-c6ccccc6)c5c4)ccc1B3c1cc(-c3ccccc3)ccc1O2. The molecule has 2 heterocycles. The van der Waals surface area contributed by atoms with Gasteiger partial charge < -0.3 is 9.64 Å². The molecule has 2 aliphatic heterocycles. The van der Waals surface area contributed by atoms with Crippen molar-refractivity contribution < 1.29 is 4.74 Å². The highest BCUT2D eigenvalue weighted by Crippen LogP contribution is 2.52. The second-order valence-electron chi connectivity index (χ2n) is 22.7. The van der Waals surface area contributed by atoms with Crippen LogP contribution in [0.1, 0.15) is 26.3 Å². The predicted molar refractivity (Wildman–Crippen MR) is 344 cm³/mol. The predicted octanol–water partition coefficient (Wildman–Crippen LogP) is 19.4. The molecular formula is C78H56BNO. The number of ether oxygens (including phenoxy) is 1. The van der Waals surface area contributed by atoms with E-state index in [1.165, 1.54) is 71.4 Å². The third-order valence-corrected chi connectivity index (χ3v) is 16.8. The second kappa shape index (κ2) is 19.4. The van der Waals surface area contributed by atoms with Crippen LogP contribution in [-0.4, -0.2) is 6.71 Å². The largest absolute Gasteiger partial charge is 0.458 e. The number of hydrogen-bond donors (Lipinski definition) is 0. The number of benzene rings is 13. The Kier molecular flexibility index (Phi) is 11.6. The van der Waals surface area contributed by atoms with Crippen LogP contribution >= 0.6 is 0 Å². The minimum atomic E-state index is -0.207. The van der Waals surface area contributed by atoms with Crippen LogP contribution in [0.5, 0.6) is 11.5 Å². The standard InChI is InChI=1S/C78H56BNO/c1-78(2,3)61-49-71-76-73(50-61)81-72-43-40-58(51-24-10-4-11-25-51)47-69(72)79(76)68-42-39-59(57-38-41-64-67(44-57)75(56-34-20-9-21-35-56)63-37-23-22-36-62(63)74(64)55-32-18-8-19-33-55)48-70(68)80(71)77-65(53-28-14-6-15-29-53)45-60(52-26-12-5-13-27-52)46-66(77)54-30-16-7-17-31-54/h4-50H,1-3H3. The van der Waals surface area contributed by atoms with Crippen molar-refractivity contribution in [1.29, 1.82) is 0 Å². The van der Waals surface area contributed by atoms with E-state index in [-0.39, 0.29) is 12.1 Å². The lowest BCUT2D eigenvalue weighted by atomic mass is 9.34. The molecule has 81 heavy (non-hydrogen) atoms. The van der Waals surface area contributed by atoms with E-state index in [4.69, 9.17) is 4.74 Å². The number of nitrogens with zero attached hydrogens (tertiary/aromatic N) is 1. The smallest absolute Gasteiger partial charge is 0.256 e. The molecule has 0 aromatic heterocycles. The fourth-order valence-corrected chi connectivity index (χ4v) is 12.9. The van der Waals surface area contributed by atoms with Gasteiger partial charge in [0.15, 0.2) is 0 Å². The zero-order chi connectivity index (χ0) is 54.2. The molecule has 0 bridgehead atoms. The highest BCUT2D eigenvalue weighted by atomic mass is 16.5. The van der Waals surface area contributed by atoms with Gasteiger partial charge in [0.2, 0.25) is 0 Å². The zero-order valence-corrected chi connectivity index (χ0v) is 45.6. The van der Waals surface area contributed by atoms with Crippen LogP contribution in [0.2, 0.25) is 0 Å². The molecule has 0 radical (unpaired) electrons. The Balaban J connectivity index is 1.06. The molecule has 2 nitrogen and oxygen atoms in total. The molecule has 0 N–H and O–H groups in total. The summed E-state index contributed by atoms with van der Waals surface area (Å²) in [7, 11) is 0. The minimum absolute atomic E-state index is 0.137. The molecule has 0 spiro atoms. The third kappa shape index (κ3) is 8.27. The van der Waals surface area contributed by atoms with Crippen LogP contribution in [0.3, 0.4) is 0 Å². The van der Waals surface area contributed by atoms with Crippen molar-refractivity contribution >= 4 is 61.7 Å². The Morgan fingerprint density at radius 1 is 0.309 bits per heavy atom. The second-order valence-corrected chi connectivity index (χ2v) is 22.7. The normalized spacial score (nSPS) is 12.4. The van der Waals surface area contributed by atoms with Gasteiger partial charge in [-0.05, 0) is 158 Å². The van der Waals surface area contributed by atoms with Crippen molar-refractivity contribution in [3.8, 4) is 89.4 Å². The van der Waals surface area contributed by atoms with Gasteiger partial charge >= 0.3 is 0 Å². The Hall–Kier alpha value is -9.96. The summed E-state index contributed by atoms with van der Waals surface area (Å²) in [4.78, 5) is 2.62. The van der Waals surface area contributed by atoms with Gasteiger partial charge in [-0.2, -0.15) is 0 Å². The first-order valence-electron chi connectivity index (χ1n) is 28.3. The fourth-order valence-electron chi connectivity index (χ4n) is 12.9. The Bertz CT molecular complexity index is 4490. The molecule has 0 atom stereocenters. The van der Waals surface area contributed by atoms with Gasteiger partial charge in [0, 0.05) is 22.5 Å². The van der Waals surface area contributed by atoms with E-state index < -0.39 is 0 Å². The summed E-state index contributed by atoms with van der Waals surface area (Å²) in [6.07, 6.45) is 0. The Morgan fingerprint density at radius 3 is 1.31 bits per heavy atom. The number of anilines is 3. The van der Waals surface area contributed by atoms with Crippen LogP contribution in [0, 0.1) is 0 Å². The lowest BCUT2D eigenvalue weighted by Gasteiger charge is -2.42. The first-order chi connectivity index (χ1) is 39.8. The van der Waals surface area contributed by atoms with Crippen LogP contribution in [0.4, 0.5) is 17.1 Å². The van der Waals surface area contributed by atoms with Gasteiger partial charge in [-0.25, -0.2) is 0 Å². The quantitative estimate of drug-likeness (QED) is 0.111. The molecule has 2 aliphatic rings. The average molecular weight is 1030 g/mol. The van der Waals surface area contributed by atoms with Gasteiger partial charge in [-0.1, -0.05) is 263 Å². The zero-order valence-electron chi connectivity index (χ0n) is 45.6. The van der Waals surface area contributed by atoms with Crippen LogP contribution in [0.15, 0.2) is 285 Å². The van der Waals surface area contributed by atoms with Crippen LogP contribution in [0.25, 0.3) is 99.4 Å². The van der Waals surface area contributed by atoms with Crippen molar-refractivity contribution in [3.63, 3.8) is 0 Å². The first kappa shape index (κ1) is 48.2. The number of fused-ring (bicyclic) bond motifs is 6. The summed E-state index contributed by atoms with van der Waals surface area (Å²) < 4.78 is 7.28. The Labute approximate surface area is 475 Å². The number of rotatable bonds is 8. The lowest BCUT2D eigenvalue weighted by Crippen LogP contribution is -2.59. The van der Waals surface area contributed by atoms with Crippen LogP contribution in [-0.2, 0) is 5.41 Å². The lowest BCUT2D eigenvalue weighted by molar-refractivity contribution is 0.483. The molecule has 0 unspecified atom stereocenters. The molecule has 0 amide bonds. The maximum absolute atomic E-state index is 7.28. The molecule has 0 saturated carbocycles. The van der Waals surface area contributed by atoms with Gasteiger partial charge in [0.1, 0.15) is 11.5 Å². The minimum Gasteiger partial charge on any atom is -0.458 e. The van der Waals surface area contributed by atoms with Crippen molar-refractivity contribution in [1.82, 2.24) is 0 Å². The highest BCUT2D eigenvalue weighted by Gasteiger charge is 2.44. The molecule has 15 rings (SSSR count). The van der Waals surface area contributed by atoms with E-state index in [1.807, 2.05) is 0 Å². The van der Waals surface area contributed by atoms with Crippen molar-refractivity contribution in [3.05, 3.63) is 291 Å². The summed E-state index contributed by atoms with van der Waals surface area (Å²) in [5.41, 5.74) is 24.3. The van der Waals surface area contributed by atoms with E-state index in [1.54, 1.807) is 0 Å². The topological polar surface area (TPSA) is 12.5 Å². The maximum atomic E-state index is 7.28. The van der Waals surface area contributed by atoms with E-state index in [2.05, 4.69) is 311 Å². The fraction of sp³-hybridized carbons (Fsp3) is 0.0513. The van der Waals surface area contributed by atoms with Crippen molar-refractivity contribution in [2.75, 3.05) is 4.90 Å². The van der Waals surface area contributed by atoms with Crippen molar-refractivity contribution in [2.24, 2.45) is 0 Å². The molecule has 0 saturated heterocycles. The van der Waals surface area contributed by atoms with Gasteiger partial charge in [0.25, 0.3) is 6.71 Å². The monoisotopic (exact) mass is 1030 g/mol. The summed E-state index contributed by atoms with van der Waals surface area (Å²) in [6, 6.07) is 105. The van der Waals surface area contributed by atoms with Gasteiger partial charge in [-0.3, -0.25) is 0 Å². The molecule has 13 aromatic carbocycles. The maximum Gasteiger partial charge on any atom is 0.256 e. The average Bonchev–Trinajstić information content (AvgIpc) is 3.56. The molecule has 0 fully saturated rings. The Morgan fingerprint density at radius 2 is 0.753 bits per heavy atom. The van der Waals surface area contributed by atoms with Gasteiger partial charge in [0.05, 0.1) is 5.69 Å². The van der Waals surface area contributed by atoms with Gasteiger partial charge in [-0.15, -0.1) is 0 Å². The van der Waals surface area contributed by atoms with E-state index >= 15 is 0 Å². The number of hydrogen-bond acceptors (Lipinski definition) is 2. The van der Waals surface area contributed by atoms with Crippen LogP contribution < -0.4 is 26.0 Å². The summed E-state index contributed by atoms with van der Waals surface area (Å²) >= 11 is 0. The highest BCUT2D eigenvalue weighted by molar-refractivity contribution is 6.99.